The second-order valence-electron chi connectivity index (χ2n) is 10.8. The van der Waals surface area contributed by atoms with Gasteiger partial charge >= 0.3 is 17.9 Å². The average molecular weight is 477 g/mol. The summed E-state index contributed by atoms with van der Waals surface area (Å²) in [5.74, 6) is -2.24. The Labute approximate surface area is 200 Å². The van der Waals surface area contributed by atoms with E-state index in [0.29, 0.717) is 44.9 Å². The molecule has 7 atom stereocenters. The molecule has 0 heterocycles. The smallest absolute Gasteiger partial charge is 0.309 e. The van der Waals surface area contributed by atoms with Gasteiger partial charge in [0.2, 0.25) is 0 Å². The van der Waals surface area contributed by atoms with Crippen LogP contribution in [0.15, 0.2) is 11.6 Å². The third-order valence-corrected chi connectivity index (χ3v) is 9.22. The summed E-state index contributed by atoms with van der Waals surface area (Å²) in [4.78, 5) is 49.3. The zero-order chi connectivity index (χ0) is 24.9. The summed E-state index contributed by atoms with van der Waals surface area (Å²) in [6.07, 6.45) is 4.30. The predicted octanol–water partition coefficient (Wildman–Crippen LogP) is 2.90. The molecule has 188 valence electrons. The maximum Gasteiger partial charge on any atom is 0.309 e. The Morgan fingerprint density at radius 3 is 2.47 bits per heavy atom. The van der Waals surface area contributed by atoms with Crippen LogP contribution in [0.3, 0.4) is 0 Å². The molecule has 1 N–H and O–H groups in total. The maximum absolute atomic E-state index is 12.9. The van der Waals surface area contributed by atoms with Gasteiger partial charge in [-0.05, 0) is 57.4 Å². The first kappa shape index (κ1) is 24.9. The molecule has 0 aromatic heterocycles. The van der Waals surface area contributed by atoms with Crippen molar-refractivity contribution in [3.8, 4) is 0 Å². The molecule has 3 saturated carbocycles. The quantitative estimate of drug-likeness (QED) is 0.476. The Bertz CT molecular complexity index is 924. The average Bonchev–Trinajstić information content (AvgIpc) is 3.03. The van der Waals surface area contributed by atoms with Gasteiger partial charge in [0.1, 0.15) is 12.7 Å². The summed E-state index contributed by atoms with van der Waals surface area (Å²) in [6.45, 7) is 6.73. The Hall–Kier alpha value is -2.22. The molecule has 34 heavy (non-hydrogen) atoms. The number of aliphatic hydroxyl groups is 1. The van der Waals surface area contributed by atoms with Crippen LogP contribution >= 0.6 is 0 Å². The van der Waals surface area contributed by atoms with Crippen molar-refractivity contribution in [1.29, 1.82) is 0 Å². The van der Waals surface area contributed by atoms with Crippen LogP contribution in [0, 0.1) is 28.6 Å². The summed E-state index contributed by atoms with van der Waals surface area (Å²) in [7, 11) is 0. The minimum Gasteiger partial charge on any atom is -0.466 e. The van der Waals surface area contributed by atoms with Crippen LogP contribution < -0.4 is 0 Å². The minimum absolute atomic E-state index is 0.0403. The number of rotatable bonds is 5. The van der Waals surface area contributed by atoms with Crippen molar-refractivity contribution in [3.05, 3.63) is 11.6 Å². The first-order chi connectivity index (χ1) is 16.0. The molecular formula is C26H36O8. The summed E-state index contributed by atoms with van der Waals surface area (Å²) >= 11 is 0. The molecule has 0 aliphatic heterocycles. The fourth-order valence-corrected chi connectivity index (χ4v) is 7.83. The molecule has 4 aliphatic rings. The highest BCUT2D eigenvalue weighted by molar-refractivity contribution is 5.91. The zero-order valence-corrected chi connectivity index (χ0v) is 20.6. The lowest BCUT2D eigenvalue weighted by Crippen LogP contribution is -2.67. The lowest BCUT2D eigenvalue weighted by atomic mass is 9.44. The highest BCUT2D eigenvalue weighted by atomic mass is 16.5. The van der Waals surface area contributed by atoms with Crippen molar-refractivity contribution in [2.24, 2.45) is 28.6 Å². The number of esters is 3. The third-order valence-electron chi connectivity index (χ3n) is 9.22. The van der Waals surface area contributed by atoms with E-state index in [1.54, 1.807) is 13.0 Å². The van der Waals surface area contributed by atoms with Gasteiger partial charge in [-0.2, -0.15) is 0 Å². The topological polar surface area (TPSA) is 116 Å². The van der Waals surface area contributed by atoms with E-state index < -0.39 is 40.4 Å². The van der Waals surface area contributed by atoms with Crippen LogP contribution in [0.4, 0.5) is 0 Å². The molecule has 3 fully saturated rings. The molecule has 0 saturated heterocycles. The van der Waals surface area contributed by atoms with E-state index in [4.69, 9.17) is 14.2 Å². The normalized spacial score (nSPS) is 40.9. The van der Waals surface area contributed by atoms with E-state index in [2.05, 4.69) is 0 Å². The van der Waals surface area contributed by atoms with Crippen LogP contribution in [-0.4, -0.2) is 53.7 Å². The van der Waals surface area contributed by atoms with Crippen molar-refractivity contribution in [1.82, 2.24) is 0 Å². The number of hydrogen-bond donors (Lipinski definition) is 1. The molecule has 4 aliphatic carbocycles. The second-order valence-corrected chi connectivity index (χ2v) is 10.8. The molecule has 4 rings (SSSR count). The number of ketones is 1. The van der Waals surface area contributed by atoms with Gasteiger partial charge in [-0.3, -0.25) is 19.2 Å². The highest BCUT2D eigenvalue weighted by Crippen LogP contribution is 2.69. The fourth-order valence-electron chi connectivity index (χ4n) is 7.83. The summed E-state index contributed by atoms with van der Waals surface area (Å²) in [5, 5.41) is 12.3. The summed E-state index contributed by atoms with van der Waals surface area (Å²) in [5.41, 5.74) is -1.77. The summed E-state index contributed by atoms with van der Waals surface area (Å²) < 4.78 is 16.8. The van der Waals surface area contributed by atoms with Gasteiger partial charge in [0, 0.05) is 37.0 Å². The van der Waals surface area contributed by atoms with E-state index in [-0.39, 0.29) is 36.8 Å². The Morgan fingerprint density at radius 2 is 1.82 bits per heavy atom. The van der Waals surface area contributed by atoms with E-state index in [1.807, 2.05) is 6.92 Å². The van der Waals surface area contributed by atoms with Gasteiger partial charge in [0.05, 0.1) is 18.1 Å². The fraction of sp³-hybridized carbons (Fsp3) is 0.769. The van der Waals surface area contributed by atoms with Gasteiger partial charge < -0.3 is 19.3 Å². The molecule has 0 amide bonds. The Kier molecular flexibility index (Phi) is 6.42. The number of carbonyl (C=O) groups is 4. The minimum atomic E-state index is -1.16. The van der Waals surface area contributed by atoms with Crippen molar-refractivity contribution < 1.29 is 38.5 Å². The lowest BCUT2D eigenvalue weighted by Gasteiger charge is -2.63. The Balaban J connectivity index is 1.82. The van der Waals surface area contributed by atoms with E-state index in [0.717, 1.165) is 5.57 Å². The van der Waals surface area contributed by atoms with Gasteiger partial charge in [-0.25, -0.2) is 0 Å². The van der Waals surface area contributed by atoms with Crippen LogP contribution in [-0.2, 0) is 33.4 Å². The van der Waals surface area contributed by atoms with Gasteiger partial charge in [-0.15, -0.1) is 0 Å². The van der Waals surface area contributed by atoms with Crippen LogP contribution in [0.5, 0.6) is 0 Å². The van der Waals surface area contributed by atoms with E-state index in [9.17, 15) is 24.3 Å². The first-order valence-corrected chi connectivity index (χ1v) is 12.4. The maximum atomic E-state index is 12.9. The number of hydrogen-bond acceptors (Lipinski definition) is 8. The molecular weight excluding hydrogens is 440 g/mol. The predicted molar refractivity (Wildman–Crippen MR) is 120 cm³/mol. The first-order valence-electron chi connectivity index (χ1n) is 12.4. The van der Waals surface area contributed by atoms with Crippen molar-refractivity contribution in [3.63, 3.8) is 0 Å². The molecule has 0 bridgehead atoms. The standard InChI is InChI=1S/C26H36O8/c1-5-32-23(30)20-9-11-26(31)19-7-6-17-12-18(29)8-10-25(17,14-33-15(2)27)22(19)21(34-16(3)28)13-24(20,26)4/h12,19-22,31H,5-11,13-14H2,1-4H3/t19?,20?,21-,22?,24?,25?,26?/m1/s1. The lowest BCUT2D eigenvalue weighted by molar-refractivity contribution is -0.235. The zero-order valence-electron chi connectivity index (χ0n) is 20.6. The summed E-state index contributed by atoms with van der Waals surface area (Å²) in [6, 6.07) is 0. The van der Waals surface area contributed by atoms with Crippen LogP contribution in [0.1, 0.15) is 72.6 Å². The van der Waals surface area contributed by atoms with Crippen molar-refractivity contribution >= 4 is 23.7 Å². The van der Waals surface area contributed by atoms with Crippen molar-refractivity contribution in [2.45, 2.75) is 84.3 Å². The van der Waals surface area contributed by atoms with Crippen molar-refractivity contribution in [2.75, 3.05) is 13.2 Å². The van der Waals surface area contributed by atoms with E-state index in [1.165, 1.54) is 13.8 Å². The van der Waals surface area contributed by atoms with Crippen LogP contribution in [0.2, 0.25) is 0 Å². The SMILES string of the molecule is CCOC(=O)C1CCC2(O)C3CCC4=CC(=O)CCC4(COC(C)=O)C3[C@H](OC(C)=O)CC12C. The van der Waals surface area contributed by atoms with E-state index >= 15 is 0 Å². The molecule has 0 aromatic carbocycles. The number of fused-ring (bicyclic) bond motifs is 5. The Morgan fingerprint density at radius 1 is 1.09 bits per heavy atom. The van der Waals surface area contributed by atoms with Crippen LogP contribution in [0.25, 0.3) is 0 Å². The molecule has 0 radical (unpaired) electrons. The molecule has 6 unspecified atom stereocenters. The van der Waals surface area contributed by atoms with Gasteiger partial charge in [0.15, 0.2) is 5.78 Å². The second kappa shape index (κ2) is 8.77. The monoisotopic (exact) mass is 476 g/mol. The van der Waals surface area contributed by atoms with Gasteiger partial charge in [0.25, 0.3) is 0 Å². The third kappa shape index (κ3) is 3.69. The number of carbonyl (C=O) groups excluding carboxylic acids is 4. The molecule has 8 heteroatoms. The molecule has 0 aromatic rings. The molecule has 0 spiro atoms. The van der Waals surface area contributed by atoms with Gasteiger partial charge in [-0.1, -0.05) is 12.5 Å². The molecule has 8 nitrogen and oxygen atoms in total. The largest absolute Gasteiger partial charge is 0.466 e. The number of ether oxygens (including phenoxy) is 3. The highest BCUT2D eigenvalue weighted by Gasteiger charge is 2.72.